The van der Waals surface area contributed by atoms with Crippen LogP contribution in [0.2, 0.25) is 0 Å². The maximum Gasteiger partial charge on any atom is 0.119 e. The monoisotopic (exact) mass is 345 g/mol. The van der Waals surface area contributed by atoms with Crippen LogP contribution in [0.3, 0.4) is 0 Å². The molecule has 1 fully saturated rings. The van der Waals surface area contributed by atoms with Crippen LogP contribution in [0.15, 0.2) is 53.0 Å². The molecule has 2 N–H and O–H groups in total. The van der Waals surface area contributed by atoms with Gasteiger partial charge in [-0.2, -0.15) is 0 Å². The zero-order valence-electron chi connectivity index (χ0n) is 12.1. The molecule has 1 aliphatic rings. The number of hydrogen-bond acceptors (Lipinski definition) is 2. The number of halogens is 1. The second kappa shape index (κ2) is 6.20. The summed E-state index contributed by atoms with van der Waals surface area (Å²) in [6.07, 6.45) is 2.08. The zero-order chi connectivity index (χ0) is 14.8. The first-order valence-electron chi connectivity index (χ1n) is 7.32. The molecule has 3 unspecified atom stereocenters. The van der Waals surface area contributed by atoms with Crippen molar-refractivity contribution in [1.29, 1.82) is 0 Å². The molecule has 2 nitrogen and oxygen atoms in total. The van der Waals surface area contributed by atoms with Crippen molar-refractivity contribution in [3.63, 3.8) is 0 Å². The zero-order valence-corrected chi connectivity index (χ0v) is 13.7. The fraction of sp³-hybridized carbons (Fsp3) is 0.333. The summed E-state index contributed by atoms with van der Waals surface area (Å²) in [5.41, 5.74) is 9.08. The van der Waals surface area contributed by atoms with Gasteiger partial charge in [0.15, 0.2) is 0 Å². The van der Waals surface area contributed by atoms with Crippen molar-refractivity contribution in [2.24, 2.45) is 11.7 Å². The third-order valence-corrected chi connectivity index (χ3v) is 5.10. The van der Waals surface area contributed by atoms with Crippen LogP contribution >= 0.6 is 15.9 Å². The molecule has 21 heavy (non-hydrogen) atoms. The lowest BCUT2D eigenvalue weighted by atomic mass is 9.99. The van der Waals surface area contributed by atoms with Gasteiger partial charge in [-0.25, -0.2) is 0 Å². The van der Waals surface area contributed by atoms with E-state index in [9.17, 15) is 0 Å². The SMILES string of the molecule is COc1ccc(Br)c(CC(N)C2CC2c2ccccc2)c1. The van der Waals surface area contributed by atoms with E-state index in [1.807, 2.05) is 12.1 Å². The number of hydrogen-bond donors (Lipinski definition) is 1. The van der Waals surface area contributed by atoms with Crippen LogP contribution in [0.1, 0.15) is 23.5 Å². The van der Waals surface area contributed by atoms with Gasteiger partial charge in [-0.15, -0.1) is 0 Å². The van der Waals surface area contributed by atoms with E-state index >= 15 is 0 Å². The summed E-state index contributed by atoms with van der Waals surface area (Å²) in [5.74, 6) is 2.10. The van der Waals surface area contributed by atoms with E-state index in [0.29, 0.717) is 11.8 Å². The highest BCUT2D eigenvalue weighted by Gasteiger charge is 2.42. The van der Waals surface area contributed by atoms with Gasteiger partial charge in [0.25, 0.3) is 0 Å². The maximum absolute atomic E-state index is 6.44. The van der Waals surface area contributed by atoms with E-state index in [1.54, 1.807) is 7.11 Å². The van der Waals surface area contributed by atoms with Gasteiger partial charge < -0.3 is 10.5 Å². The fourth-order valence-corrected chi connectivity index (χ4v) is 3.42. The standard InChI is InChI=1S/C18H20BrNO/c1-21-14-7-8-17(19)13(9-14)10-18(20)16-11-15(16)12-5-3-2-4-6-12/h2-9,15-16,18H,10-11,20H2,1H3. The van der Waals surface area contributed by atoms with Gasteiger partial charge in [0.05, 0.1) is 7.11 Å². The minimum absolute atomic E-state index is 0.193. The van der Waals surface area contributed by atoms with E-state index in [2.05, 4.69) is 52.3 Å². The highest BCUT2D eigenvalue weighted by molar-refractivity contribution is 9.10. The third-order valence-electron chi connectivity index (χ3n) is 4.33. The van der Waals surface area contributed by atoms with Gasteiger partial charge in [-0.1, -0.05) is 46.3 Å². The lowest BCUT2D eigenvalue weighted by molar-refractivity contribution is 0.414. The minimum Gasteiger partial charge on any atom is -0.497 e. The molecule has 2 aromatic carbocycles. The van der Waals surface area contributed by atoms with Gasteiger partial charge >= 0.3 is 0 Å². The van der Waals surface area contributed by atoms with Crippen molar-refractivity contribution in [1.82, 2.24) is 0 Å². The number of methoxy groups -OCH3 is 1. The normalized spacial score (nSPS) is 21.9. The van der Waals surface area contributed by atoms with Crippen LogP contribution in [0, 0.1) is 5.92 Å². The van der Waals surface area contributed by atoms with E-state index in [4.69, 9.17) is 10.5 Å². The molecule has 3 rings (SSSR count). The number of benzene rings is 2. The number of rotatable bonds is 5. The van der Waals surface area contributed by atoms with Gasteiger partial charge in [-0.3, -0.25) is 0 Å². The van der Waals surface area contributed by atoms with Crippen LogP contribution in [0.4, 0.5) is 0 Å². The van der Waals surface area contributed by atoms with Gasteiger partial charge in [0, 0.05) is 10.5 Å². The lowest BCUT2D eigenvalue weighted by Crippen LogP contribution is -2.26. The second-order valence-electron chi connectivity index (χ2n) is 5.74. The molecule has 0 spiro atoms. The number of ether oxygens (including phenoxy) is 1. The summed E-state index contributed by atoms with van der Waals surface area (Å²) in [7, 11) is 1.69. The second-order valence-corrected chi connectivity index (χ2v) is 6.60. The minimum atomic E-state index is 0.193. The van der Waals surface area contributed by atoms with E-state index < -0.39 is 0 Å². The van der Waals surface area contributed by atoms with Crippen LogP contribution in [-0.4, -0.2) is 13.2 Å². The van der Waals surface area contributed by atoms with Crippen molar-refractivity contribution in [3.05, 3.63) is 64.1 Å². The van der Waals surface area contributed by atoms with Crippen LogP contribution in [-0.2, 0) is 6.42 Å². The van der Waals surface area contributed by atoms with E-state index in [0.717, 1.165) is 16.6 Å². The molecule has 1 saturated carbocycles. The van der Waals surface area contributed by atoms with Crippen LogP contribution in [0.25, 0.3) is 0 Å². The average Bonchev–Trinajstić information content (AvgIpc) is 3.31. The molecule has 0 bridgehead atoms. The summed E-state index contributed by atoms with van der Waals surface area (Å²) in [6, 6.07) is 16.9. The molecule has 0 radical (unpaired) electrons. The van der Waals surface area contributed by atoms with E-state index in [1.165, 1.54) is 17.5 Å². The first kappa shape index (κ1) is 14.6. The molecule has 0 heterocycles. The topological polar surface area (TPSA) is 35.2 Å². The average molecular weight is 346 g/mol. The molecule has 0 saturated heterocycles. The van der Waals surface area contributed by atoms with Gasteiger partial charge in [0.1, 0.15) is 5.75 Å². The Balaban J connectivity index is 1.67. The van der Waals surface area contributed by atoms with Gasteiger partial charge in [0.2, 0.25) is 0 Å². The number of nitrogens with two attached hydrogens (primary N) is 1. The Kier molecular flexibility index (Phi) is 4.32. The largest absolute Gasteiger partial charge is 0.497 e. The molecule has 3 atom stereocenters. The van der Waals surface area contributed by atoms with Gasteiger partial charge in [-0.05, 0) is 54.0 Å². The first-order chi connectivity index (χ1) is 10.2. The first-order valence-corrected chi connectivity index (χ1v) is 8.11. The van der Waals surface area contributed by atoms with Crippen LogP contribution < -0.4 is 10.5 Å². The Hall–Kier alpha value is -1.32. The Labute approximate surface area is 134 Å². The molecule has 1 aliphatic carbocycles. The predicted molar refractivity (Wildman–Crippen MR) is 89.7 cm³/mol. The summed E-state index contributed by atoms with van der Waals surface area (Å²) in [5, 5.41) is 0. The molecule has 3 heteroatoms. The maximum atomic E-state index is 6.44. The summed E-state index contributed by atoms with van der Waals surface area (Å²) in [4.78, 5) is 0. The molecule has 0 aromatic heterocycles. The highest BCUT2D eigenvalue weighted by Crippen LogP contribution is 2.49. The summed E-state index contributed by atoms with van der Waals surface area (Å²) < 4.78 is 6.40. The predicted octanol–water partition coefficient (Wildman–Crippen LogP) is 4.13. The summed E-state index contributed by atoms with van der Waals surface area (Å²) in [6.45, 7) is 0. The van der Waals surface area contributed by atoms with Crippen molar-refractivity contribution in [2.75, 3.05) is 7.11 Å². The van der Waals surface area contributed by atoms with Crippen molar-refractivity contribution in [3.8, 4) is 5.75 Å². The van der Waals surface area contributed by atoms with Crippen molar-refractivity contribution < 1.29 is 4.74 Å². The lowest BCUT2D eigenvalue weighted by Gasteiger charge is -2.14. The molecule has 0 aliphatic heterocycles. The molecular weight excluding hydrogens is 326 g/mol. The van der Waals surface area contributed by atoms with E-state index in [-0.39, 0.29) is 6.04 Å². The van der Waals surface area contributed by atoms with Crippen molar-refractivity contribution >= 4 is 15.9 Å². The van der Waals surface area contributed by atoms with Crippen LogP contribution in [0.5, 0.6) is 5.75 Å². The Bertz CT molecular complexity index is 614. The third kappa shape index (κ3) is 3.30. The highest BCUT2D eigenvalue weighted by atomic mass is 79.9. The smallest absolute Gasteiger partial charge is 0.119 e. The Morgan fingerprint density at radius 3 is 2.71 bits per heavy atom. The molecular formula is C18H20BrNO. The molecule has 110 valence electrons. The quantitative estimate of drug-likeness (QED) is 0.884. The Morgan fingerprint density at radius 2 is 2.00 bits per heavy atom. The fourth-order valence-electron chi connectivity index (χ4n) is 3.01. The molecule has 0 amide bonds. The summed E-state index contributed by atoms with van der Waals surface area (Å²) >= 11 is 3.61. The Morgan fingerprint density at radius 1 is 1.24 bits per heavy atom. The molecule has 2 aromatic rings. The van der Waals surface area contributed by atoms with Crippen molar-refractivity contribution in [2.45, 2.75) is 24.8 Å².